The number of aromatic nitrogens is 7. The van der Waals surface area contributed by atoms with Crippen LogP contribution in [0.3, 0.4) is 0 Å². The van der Waals surface area contributed by atoms with Crippen molar-refractivity contribution in [1.82, 2.24) is 60.3 Å². The first-order valence-electron chi connectivity index (χ1n) is 27.6. The van der Waals surface area contributed by atoms with E-state index in [1.807, 2.05) is 51.1 Å². The number of pyridine rings is 1. The first kappa shape index (κ1) is 56.4. The van der Waals surface area contributed by atoms with Gasteiger partial charge in [0.1, 0.15) is 29.7 Å². The van der Waals surface area contributed by atoms with Gasteiger partial charge in [0.15, 0.2) is 11.5 Å². The molecule has 4 aromatic heterocycles. The standard InChI is InChI=1S/C58H76N14O7/c1-7-25-71-54(76)45-35-61-56(66-52(45)72(71)49-14-12-13-48(64-49)58(5,6)78)63-39-16-18-40(19-17-39)69-29-27-68(28-30-69)26-10-8-9-11-31-79-37-50(74)65-51(57(2,3)4)55(77)70-36-41(73)32-47(70)53(75)60-33-38-15-20-43(46-22-24-62-67-46)44-34-59-23-21-42(38)44/h7,12-20,22,24,35,41,47,51,59,73,78H,1,8-11,21,23,25-34,36-37H2,2-6H3,(H,60,75)(H,62,67)(H,65,74)(H,61,63,66)/t41-,47+,51-/m1/s1. The number of aliphatic hydroxyl groups is 2. The third-order valence-electron chi connectivity index (χ3n) is 15.1. The minimum atomic E-state index is -1.18. The first-order valence-corrected chi connectivity index (χ1v) is 27.6. The van der Waals surface area contributed by atoms with E-state index in [4.69, 9.17) is 9.72 Å². The summed E-state index contributed by atoms with van der Waals surface area (Å²) in [6.07, 6.45) is 8.82. The zero-order chi connectivity index (χ0) is 55.8. The number of amides is 3. The fourth-order valence-corrected chi connectivity index (χ4v) is 10.8. The fourth-order valence-electron chi connectivity index (χ4n) is 10.8. The number of carbonyl (C=O) groups excluding carboxylic acids is 3. The number of aromatic amines is 1. The van der Waals surface area contributed by atoms with Crippen molar-refractivity contribution in [3.8, 4) is 17.1 Å². The molecule has 7 heterocycles. The highest BCUT2D eigenvalue weighted by Crippen LogP contribution is 2.31. The number of unbranched alkanes of at least 4 members (excludes halogenated alkanes) is 3. The number of piperazine rings is 1. The van der Waals surface area contributed by atoms with E-state index in [-0.39, 0.29) is 44.1 Å². The third-order valence-corrected chi connectivity index (χ3v) is 15.1. The maximum Gasteiger partial charge on any atom is 0.278 e. The molecule has 0 bridgehead atoms. The average Bonchev–Trinajstić information content (AvgIpc) is 4.33. The second kappa shape index (κ2) is 24.8. The van der Waals surface area contributed by atoms with Gasteiger partial charge in [0.25, 0.3) is 5.56 Å². The number of allylic oxidation sites excluding steroid dienone is 1. The highest BCUT2D eigenvalue weighted by molar-refractivity contribution is 5.93. The molecule has 2 fully saturated rings. The van der Waals surface area contributed by atoms with Gasteiger partial charge >= 0.3 is 0 Å². The van der Waals surface area contributed by atoms with Gasteiger partial charge in [-0.1, -0.05) is 57.9 Å². The van der Waals surface area contributed by atoms with Crippen LogP contribution >= 0.6 is 0 Å². The summed E-state index contributed by atoms with van der Waals surface area (Å²) in [5, 5.41) is 41.6. The average molecular weight is 1080 g/mol. The van der Waals surface area contributed by atoms with Crippen LogP contribution in [0.15, 0.2) is 90.5 Å². The van der Waals surface area contributed by atoms with Crippen LogP contribution in [-0.4, -0.2) is 149 Å². The number of β-amino-alcohol motifs (C(OH)–C–C–N with tert-alkyl or cyclic N) is 1. The lowest BCUT2D eigenvalue weighted by Gasteiger charge is -2.36. The highest BCUT2D eigenvalue weighted by atomic mass is 16.5. The van der Waals surface area contributed by atoms with Crippen LogP contribution in [0, 0.1) is 5.41 Å². The van der Waals surface area contributed by atoms with Gasteiger partial charge in [-0.15, -0.1) is 6.58 Å². The van der Waals surface area contributed by atoms with Crippen LogP contribution in [0.1, 0.15) is 89.1 Å². The van der Waals surface area contributed by atoms with Gasteiger partial charge in [-0.2, -0.15) is 10.1 Å². The largest absolute Gasteiger partial charge is 0.391 e. The molecule has 21 nitrogen and oxygen atoms in total. The molecule has 0 aliphatic carbocycles. The molecule has 0 radical (unpaired) electrons. The van der Waals surface area contributed by atoms with E-state index >= 15 is 0 Å². The summed E-state index contributed by atoms with van der Waals surface area (Å²) in [6.45, 7) is 19.8. The number of likely N-dealkylation sites (tertiary alicyclic amines) is 1. The molecule has 3 atom stereocenters. The Morgan fingerprint density at radius 1 is 0.949 bits per heavy atom. The lowest BCUT2D eigenvalue weighted by atomic mass is 9.85. The Balaban J connectivity index is 0.678. The lowest BCUT2D eigenvalue weighted by Crippen LogP contribution is -2.58. The first-order chi connectivity index (χ1) is 38.0. The van der Waals surface area contributed by atoms with E-state index in [1.54, 1.807) is 49.0 Å². The lowest BCUT2D eigenvalue weighted by molar-refractivity contribution is -0.144. The predicted molar refractivity (Wildman–Crippen MR) is 303 cm³/mol. The van der Waals surface area contributed by atoms with Gasteiger partial charge in [-0.25, -0.2) is 19.3 Å². The Morgan fingerprint density at radius 2 is 1.73 bits per heavy atom. The number of hydrogen-bond donors (Lipinski definition) is 7. The summed E-state index contributed by atoms with van der Waals surface area (Å²) in [5.41, 5.74) is 5.99. The molecule has 2 saturated heterocycles. The quantitative estimate of drug-likeness (QED) is 0.0360. The van der Waals surface area contributed by atoms with Crippen LogP contribution in [-0.2, 0) is 50.8 Å². The smallest absolute Gasteiger partial charge is 0.278 e. The molecule has 3 aliphatic rings. The molecular weight excluding hydrogens is 1000 g/mol. The number of ether oxygens (including phenoxy) is 1. The number of rotatable bonds is 22. The van der Waals surface area contributed by atoms with E-state index in [9.17, 15) is 29.4 Å². The van der Waals surface area contributed by atoms with Crippen molar-refractivity contribution in [1.29, 1.82) is 0 Å². The molecule has 0 saturated carbocycles. The highest BCUT2D eigenvalue weighted by Gasteiger charge is 2.44. The minimum absolute atomic E-state index is 0.000829. The maximum atomic E-state index is 14.2. The van der Waals surface area contributed by atoms with E-state index in [0.717, 1.165) is 99.6 Å². The number of carbonyl (C=O) groups is 3. The van der Waals surface area contributed by atoms with Crippen molar-refractivity contribution in [2.45, 2.75) is 117 Å². The Bertz CT molecular complexity index is 3150. The van der Waals surface area contributed by atoms with E-state index in [2.05, 4.69) is 69.9 Å². The van der Waals surface area contributed by atoms with Crippen molar-refractivity contribution >= 4 is 46.1 Å². The summed E-state index contributed by atoms with van der Waals surface area (Å²) in [6, 6.07) is 17.7. The molecule has 3 amide bonds. The maximum absolute atomic E-state index is 14.2. The summed E-state index contributed by atoms with van der Waals surface area (Å²) in [4.78, 5) is 74.8. The number of H-pyrrole nitrogens is 1. The molecule has 9 rings (SSSR count). The third kappa shape index (κ3) is 13.4. The van der Waals surface area contributed by atoms with Gasteiger partial charge in [0.05, 0.1) is 24.0 Å². The molecule has 79 heavy (non-hydrogen) atoms. The molecule has 0 spiro atoms. The molecule has 2 aromatic carbocycles. The normalized spacial score (nSPS) is 17.4. The number of nitrogens with one attached hydrogen (secondary N) is 5. The van der Waals surface area contributed by atoms with Crippen molar-refractivity contribution in [3.63, 3.8) is 0 Å². The summed E-state index contributed by atoms with van der Waals surface area (Å²) in [5.74, 6) is -0.395. The summed E-state index contributed by atoms with van der Waals surface area (Å²) >= 11 is 0. The fraction of sp³-hybridized carbons (Fsp3) is 0.483. The van der Waals surface area contributed by atoms with Crippen LogP contribution in [0.4, 0.5) is 17.3 Å². The number of aliphatic hydroxyl groups excluding tert-OH is 1. The monoisotopic (exact) mass is 1080 g/mol. The Labute approximate surface area is 460 Å². The summed E-state index contributed by atoms with van der Waals surface area (Å²) < 4.78 is 8.92. The van der Waals surface area contributed by atoms with Gasteiger partial charge < -0.3 is 46.0 Å². The van der Waals surface area contributed by atoms with E-state index in [1.165, 1.54) is 26.9 Å². The SMILES string of the molecule is C=CCn1c(=O)c2cnc(Nc3ccc(N4CCN(CCCCCCOCC(=O)N[C@H](C(=O)N5C[C@H](O)C[C@H]5C(=O)NCc5ccc(-c6ccn[nH]6)c6c5CCNC6)C(C)(C)C)CC4)cc3)nc2n1-c1cccc(C(C)(C)O)n1. The van der Waals surface area contributed by atoms with Crippen molar-refractivity contribution < 1.29 is 29.3 Å². The number of benzene rings is 2. The molecule has 6 aromatic rings. The van der Waals surface area contributed by atoms with Gasteiger partial charge in [-0.05, 0) is 111 Å². The molecule has 7 N–H and O–H groups in total. The van der Waals surface area contributed by atoms with Crippen molar-refractivity contribution in [2.75, 3.05) is 69.2 Å². The Hall–Kier alpha value is -7.30. The van der Waals surface area contributed by atoms with Gasteiger partial charge in [0.2, 0.25) is 23.7 Å². The Morgan fingerprint density at radius 3 is 2.47 bits per heavy atom. The second-order valence-corrected chi connectivity index (χ2v) is 22.4. The Kier molecular flexibility index (Phi) is 17.7. The number of hydrogen-bond acceptors (Lipinski definition) is 15. The van der Waals surface area contributed by atoms with Crippen molar-refractivity contribution in [3.05, 3.63) is 118 Å². The van der Waals surface area contributed by atoms with Crippen LogP contribution in [0.25, 0.3) is 28.1 Å². The zero-order valence-electron chi connectivity index (χ0n) is 46.1. The van der Waals surface area contributed by atoms with Gasteiger partial charge in [0, 0.05) is 88.2 Å². The van der Waals surface area contributed by atoms with E-state index < -0.39 is 41.0 Å². The predicted octanol–water partition coefficient (Wildman–Crippen LogP) is 4.68. The van der Waals surface area contributed by atoms with Crippen LogP contribution < -0.4 is 31.7 Å². The molecule has 3 aliphatic heterocycles. The number of fused-ring (bicyclic) bond motifs is 2. The topological polar surface area (TPSA) is 253 Å². The molecular formula is C58H76N14O7. The molecule has 420 valence electrons. The van der Waals surface area contributed by atoms with Gasteiger partial charge in [-0.3, -0.25) is 29.2 Å². The molecule has 21 heteroatoms. The van der Waals surface area contributed by atoms with Crippen molar-refractivity contribution in [2.24, 2.45) is 5.41 Å². The molecule has 0 unspecified atom stereocenters. The van der Waals surface area contributed by atoms with Crippen LogP contribution in [0.2, 0.25) is 0 Å². The zero-order valence-corrected chi connectivity index (χ0v) is 46.1. The summed E-state index contributed by atoms with van der Waals surface area (Å²) in [7, 11) is 0. The number of nitrogens with zero attached hydrogens (tertiary/aromatic N) is 9. The second-order valence-electron chi connectivity index (χ2n) is 22.4. The minimum Gasteiger partial charge on any atom is -0.391 e. The van der Waals surface area contributed by atoms with E-state index in [0.29, 0.717) is 41.6 Å². The van der Waals surface area contributed by atoms with Crippen LogP contribution in [0.5, 0.6) is 0 Å². The number of anilines is 3.